The number of benzene rings is 2. The van der Waals surface area contributed by atoms with Crippen LogP contribution >= 0.6 is 15.9 Å². The van der Waals surface area contributed by atoms with Gasteiger partial charge in [-0.05, 0) is 66.5 Å². The molecule has 150 valence electrons. The fraction of sp³-hybridized carbons (Fsp3) is 0.440. The standard InChI is InChI=1S/C25H26BrNO2/c1-15-4-3-5-18-19-10-11-24(2)14-25(19,12-20(24)28)22(21(15)18)23(29)27-13-16-6-8-17(26)9-7-16/h3-9,19,22H,10-14H2,1-2H3,(H,27,29)/t19-,22-,24+,25-/m1/s1. The quantitative estimate of drug-likeness (QED) is 0.678. The molecule has 0 radical (unpaired) electrons. The molecule has 0 aromatic heterocycles. The summed E-state index contributed by atoms with van der Waals surface area (Å²) in [4.78, 5) is 26.6. The molecule has 1 spiro atoms. The third-order valence-corrected chi connectivity index (χ3v) is 8.33. The fourth-order valence-electron chi connectivity index (χ4n) is 6.47. The van der Waals surface area contributed by atoms with Crippen LogP contribution in [-0.4, -0.2) is 11.7 Å². The smallest absolute Gasteiger partial charge is 0.228 e. The van der Waals surface area contributed by atoms with Crippen molar-refractivity contribution in [2.45, 2.75) is 57.9 Å². The molecule has 1 amide bonds. The van der Waals surface area contributed by atoms with Gasteiger partial charge in [-0.25, -0.2) is 0 Å². The Hall–Kier alpha value is -1.94. The maximum Gasteiger partial charge on any atom is 0.228 e. The summed E-state index contributed by atoms with van der Waals surface area (Å²) in [6, 6.07) is 14.4. The van der Waals surface area contributed by atoms with E-state index in [4.69, 9.17) is 0 Å². The minimum Gasteiger partial charge on any atom is -0.351 e. The number of hydrogen-bond acceptors (Lipinski definition) is 2. The maximum atomic E-state index is 13.6. The van der Waals surface area contributed by atoms with Crippen molar-refractivity contribution in [1.29, 1.82) is 0 Å². The number of carbonyl (C=O) groups is 2. The molecule has 2 saturated carbocycles. The number of carbonyl (C=O) groups excluding carboxylic acids is 2. The van der Waals surface area contributed by atoms with Crippen LogP contribution in [-0.2, 0) is 16.1 Å². The Bertz CT molecular complexity index is 1010. The lowest BCUT2D eigenvalue weighted by Gasteiger charge is -2.42. The monoisotopic (exact) mass is 451 g/mol. The van der Waals surface area contributed by atoms with Gasteiger partial charge in [0.2, 0.25) is 5.91 Å². The first-order valence-electron chi connectivity index (χ1n) is 10.5. The van der Waals surface area contributed by atoms with Crippen LogP contribution in [0.1, 0.15) is 66.7 Å². The van der Waals surface area contributed by atoms with Gasteiger partial charge in [0.15, 0.2) is 0 Å². The minimum absolute atomic E-state index is 0.0740. The molecule has 29 heavy (non-hydrogen) atoms. The van der Waals surface area contributed by atoms with Crippen molar-refractivity contribution < 1.29 is 9.59 Å². The molecular weight excluding hydrogens is 426 g/mol. The number of halogens is 1. The number of aryl methyl sites for hydroxylation is 1. The van der Waals surface area contributed by atoms with Crippen molar-refractivity contribution in [3.8, 4) is 0 Å². The van der Waals surface area contributed by atoms with Crippen LogP contribution in [0, 0.1) is 17.8 Å². The zero-order chi connectivity index (χ0) is 20.4. The second-order valence-corrected chi connectivity index (χ2v) is 10.4. The summed E-state index contributed by atoms with van der Waals surface area (Å²) in [6.45, 7) is 4.74. The van der Waals surface area contributed by atoms with Crippen LogP contribution in [0.2, 0.25) is 0 Å². The Morgan fingerprint density at radius 1 is 1.21 bits per heavy atom. The lowest BCUT2D eigenvalue weighted by Crippen LogP contribution is -2.40. The highest BCUT2D eigenvalue weighted by Gasteiger charge is 2.66. The molecule has 0 heterocycles. The van der Waals surface area contributed by atoms with Crippen LogP contribution in [0.4, 0.5) is 0 Å². The molecule has 4 atom stereocenters. The van der Waals surface area contributed by atoms with Crippen molar-refractivity contribution in [3.05, 3.63) is 69.2 Å². The predicted molar refractivity (Wildman–Crippen MR) is 117 cm³/mol. The summed E-state index contributed by atoms with van der Waals surface area (Å²) < 4.78 is 1.03. The van der Waals surface area contributed by atoms with Crippen molar-refractivity contribution >= 4 is 27.6 Å². The Kier molecular flexibility index (Phi) is 4.29. The number of rotatable bonds is 3. The van der Waals surface area contributed by atoms with Gasteiger partial charge in [0.05, 0.1) is 5.92 Å². The second kappa shape index (κ2) is 6.53. The number of fused-ring (bicyclic) bond motifs is 3. The van der Waals surface area contributed by atoms with E-state index >= 15 is 0 Å². The maximum absolute atomic E-state index is 13.6. The lowest BCUT2D eigenvalue weighted by molar-refractivity contribution is -0.126. The fourth-order valence-corrected chi connectivity index (χ4v) is 6.73. The van der Waals surface area contributed by atoms with Gasteiger partial charge in [-0.15, -0.1) is 0 Å². The van der Waals surface area contributed by atoms with E-state index < -0.39 is 0 Å². The van der Waals surface area contributed by atoms with Gasteiger partial charge in [0.1, 0.15) is 5.78 Å². The van der Waals surface area contributed by atoms with Crippen LogP contribution in [0.15, 0.2) is 46.9 Å². The van der Waals surface area contributed by atoms with Gasteiger partial charge < -0.3 is 5.32 Å². The molecule has 3 aliphatic carbocycles. The van der Waals surface area contributed by atoms with E-state index in [1.54, 1.807) is 0 Å². The molecule has 3 nitrogen and oxygen atoms in total. The SMILES string of the molecule is Cc1cccc2c1[C@H](C(=O)NCc1ccc(Br)cc1)[C@@]13CC(=O)[C@@](C)(CC[C@H]21)C3. The van der Waals surface area contributed by atoms with Crippen LogP contribution in [0.5, 0.6) is 0 Å². The minimum atomic E-state index is -0.253. The molecule has 2 aromatic carbocycles. The lowest BCUT2D eigenvalue weighted by atomic mass is 9.60. The highest BCUT2D eigenvalue weighted by atomic mass is 79.9. The number of ketones is 1. The third-order valence-electron chi connectivity index (χ3n) is 7.80. The van der Waals surface area contributed by atoms with E-state index in [9.17, 15) is 9.59 Å². The van der Waals surface area contributed by atoms with Gasteiger partial charge >= 0.3 is 0 Å². The molecule has 2 bridgehead atoms. The average Bonchev–Trinajstić information content (AvgIpc) is 3.08. The average molecular weight is 452 g/mol. The Labute approximate surface area is 180 Å². The van der Waals surface area contributed by atoms with E-state index in [1.807, 2.05) is 24.3 Å². The highest BCUT2D eigenvalue weighted by molar-refractivity contribution is 9.10. The van der Waals surface area contributed by atoms with Crippen LogP contribution in [0.25, 0.3) is 0 Å². The molecule has 0 saturated heterocycles. The molecule has 4 heteroatoms. The first kappa shape index (κ1) is 19.0. The van der Waals surface area contributed by atoms with Crippen molar-refractivity contribution in [1.82, 2.24) is 5.32 Å². The van der Waals surface area contributed by atoms with Crippen molar-refractivity contribution in [3.63, 3.8) is 0 Å². The molecule has 2 fully saturated rings. The summed E-state index contributed by atoms with van der Waals surface area (Å²) in [5.74, 6) is 0.520. The number of hydrogen-bond donors (Lipinski definition) is 1. The van der Waals surface area contributed by atoms with E-state index in [2.05, 4.69) is 53.3 Å². The molecule has 2 aromatic rings. The summed E-state index contributed by atoms with van der Waals surface area (Å²) in [5.41, 5.74) is 4.25. The Balaban J connectivity index is 1.52. The molecule has 1 N–H and O–H groups in total. The second-order valence-electron chi connectivity index (χ2n) is 9.52. The summed E-state index contributed by atoms with van der Waals surface area (Å²) in [7, 11) is 0. The van der Waals surface area contributed by atoms with Crippen LogP contribution < -0.4 is 5.32 Å². The molecule has 0 unspecified atom stereocenters. The van der Waals surface area contributed by atoms with Crippen molar-refractivity contribution in [2.75, 3.05) is 0 Å². The first-order valence-corrected chi connectivity index (χ1v) is 11.3. The Morgan fingerprint density at radius 2 is 1.97 bits per heavy atom. The first-order chi connectivity index (χ1) is 13.8. The third kappa shape index (κ3) is 2.75. The predicted octanol–water partition coefficient (Wildman–Crippen LogP) is 5.40. The largest absolute Gasteiger partial charge is 0.351 e. The molecule has 0 aliphatic heterocycles. The van der Waals surface area contributed by atoms with E-state index in [1.165, 1.54) is 16.7 Å². The van der Waals surface area contributed by atoms with Gasteiger partial charge in [0.25, 0.3) is 0 Å². The number of Topliss-reactive ketones (excluding diaryl/α,β-unsaturated/α-hetero) is 1. The van der Waals surface area contributed by atoms with Gasteiger partial charge in [-0.3, -0.25) is 9.59 Å². The zero-order valence-corrected chi connectivity index (χ0v) is 18.5. The van der Waals surface area contributed by atoms with E-state index in [-0.39, 0.29) is 22.7 Å². The normalized spacial score (nSPS) is 32.0. The van der Waals surface area contributed by atoms with Gasteiger partial charge in [-0.2, -0.15) is 0 Å². The summed E-state index contributed by atoms with van der Waals surface area (Å²) in [5, 5.41) is 3.20. The molecule has 3 aliphatic rings. The van der Waals surface area contributed by atoms with E-state index in [0.717, 1.165) is 29.3 Å². The zero-order valence-electron chi connectivity index (χ0n) is 16.9. The van der Waals surface area contributed by atoms with Crippen molar-refractivity contribution in [2.24, 2.45) is 10.8 Å². The summed E-state index contributed by atoms with van der Waals surface area (Å²) in [6.07, 6.45) is 3.33. The van der Waals surface area contributed by atoms with Gasteiger partial charge in [0, 0.05) is 28.3 Å². The molecule has 5 rings (SSSR count). The summed E-state index contributed by atoms with van der Waals surface area (Å²) >= 11 is 3.46. The van der Waals surface area contributed by atoms with E-state index in [0.29, 0.717) is 24.7 Å². The van der Waals surface area contributed by atoms with Crippen LogP contribution in [0.3, 0.4) is 0 Å². The van der Waals surface area contributed by atoms with Gasteiger partial charge in [-0.1, -0.05) is 53.2 Å². The number of nitrogens with one attached hydrogen (secondary N) is 1. The highest BCUT2D eigenvalue weighted by Crippen LogP contribution is 2.71. The Morgan fingerprint density at radius 3 is 2.72 bits per heavy atom. The topological polar surface area (TPSA) is 46.2 Å². The number of amides is 1. The molecular formula is C25H26BrNO2.